The Balaban J connectivity index is 1.73. The second kappa shape index (κ2) is 7.09. The Morgan fingerprint density at radius 3 is 2.55 bits per heavy atom. The number of benzene rings is 3. The molecule has 1 aromatic heterocycles. The van der Waals surface area contributed by atoms with Crippen molar-refractivity contribution < 1.29 is 18.7 Å². The molecule has 1 N–H and O–H groups in total. The predicted octanol–water partition coefficient (Wildman–Crippen LogP) is 4.69. The standard InChI is InChI=1S/C25H18FNO4/c1-14-5-7-15(8-6-14)13-27-22(16-3-2-4-18(28)11-16)21-23(29)19-12-17(26)9-10-20(19)31-24(21)25(27)30/h2-12,22,28H,13H2,1H3/t22-/m0/s1. The van der Waals surface area contributed by atoms with Crippen LogP contribution in [0.4, 0.5) is 4.39 Å². The zero-order chi connectivity index (χ0) is 21.7. The van der Waals surface area contributed by atoms with Crippen LogP contribution >= 0.6 is 0 Å². The van der Waals surface area contributed by atoms with Crippen LogP contribution in [0.5, 0.6) is 5.75 Å². The van der Waals surface area contributed by atoms with Gasteiger partial charge < -0.3 is 14.4 Å². The zero-order valence-corrected chi connectivity index (χ0v) is 16.6. The molecule has 154 valence electrons. The molecule has 0 spiro atoms. The van der Waals surface area contributed by atoms with E-state index in [0.717, 1.165) is 17.2 Å². The summed E-state index contributed by atoms with van der Waals surface area (Å²) in [4.78, 5) is 28.3. The SMILES string of the molecule is Cc1ccc(CN2C(=O)c3oc4ccc(F)cc4c(=O)c3[C@@H]2c2cccc(O)c2)cc1. The number of rotatable bonds is 3. The van der Waals surface area contributed by atoms with Gasteiger partial charge in [0.15, 0.2) is 5.43 Å². The van der Waals surface area contributed by atoms with Crippen LogP contribution in [0, 0.1) is 12.7 Å². The minimum Gasteiger partial charge on any atom is -0.508 e. The first-order chi connectivity index (χ1) is 14.9. The molecule has 0 saturated heterocycles. The van der Waals surface area contributed by atoms with Gasteiger partial charge in [-0.3, -0.25) is 9.59 Å². The molecule has 5 rings (SSSR count). The van der Waals surface area contributed by atoms with Crippen molar-refractivity contribution in [2.45, 2.75) is 19.5 Å². The lowest BCUT2D eigenvalue weighted by molar-refractivity contribution is 0.0714. The highest BCUT2D eigenvalue weighted by molar-refractivity contribution is 5.99. The van der Waals surface area contributed by atoms with Gasteiger partial charge in [-0.15, -0.1) is 0 Å². The maximum atomic E-state index is 13.8. The van der Waals surface area contributed by atoms with Crippen molar-refractivity contribution in [3.63, 3.8) is 0 Å². The number of phenols is 1. The third-order valence-electron chi connectivity index (χ3n) is 5.59. The summed E-state index contributed by atoms with van der Waals surface area (Å²) in [7, 11) is 0. The Labute approximate surface area is 177 Å². The molecular formula is C25H18FNO4. The smallest absolute Gasteiger partial charge is 0.291 e. The summed E-state index contributed by atoms with van der Waals surface area (Å²) in [5.74, 6) is -1.02. The molecule has 6 heteroatoms. The summed E-state index contributed by atoms with van der Waals surface area (Å²) < 4.78 is 19.6. The topological polar surface area (TPSA) is 70.8 Å². The fourth-order valence-corrected chi connectivity index (χ4v) is 4.09. The maximum absolute atomic E-state index is 13.8. The van der Waals surface area contributed by atoms with Crippen molar-refractivity contribution in [1.29, 1.82) is 0 Å². The molecule has 1 aliphatic rings. The van der Waals surface area contributed by atoms with Gasteiger partial charge in [-0.1, -0.05) is 42.0 Å². The van der Waals surface area contributed by atoms with Gasteiger partial charge >= 0.3 is 0 Å². The quantitative estimate of drug-likeness (QED) is 0.527. The highest BCUT2D eigenvalue weighted by Crippen LogP contribution is 2.39. The van der Waals surface area contributed by atoms with Crippen LogP contribution in [0.1, 0.15) is 38.9 Å². The number of hydrogen-bond donors (Lipinski definition) is 1. The molecule has 1 amide bonds. The van der Waals surface area contributed by atoms with Crippen LogP contribution in [0.15, 0.2) is 75.9 Å². The summed E-state index contributed by atoms with van der Waals surface area (Å²) in [5.41, 5.74) is 2.41. The molecule has 0 bridgehead atoms. The summed E-state index contributed by atoms with van der Waals surface area (Å²) in [6.45, 7) is 2.22. The average molecular weight is 415 g/mol. The number of halogens is 1. The first-order valence-corrected chi connectivity index (χ1v) is 9.84. The van der Waals surface area contributed by atoms with Crippen LogP contribution in [-0.2, 0) is 6.54 Å². The summed E-state index contributed by atoms with van der Waals surface area (Å²) in [6, 6.07) is 17.1. The maximum Gasteiger partial charge on any atom is 0.291 e. The Morgan fingerprint density at radius 2 is 1.81 bits per heavy atom. The van der Waals surface area contributed by atoms with Crippen LogP contribution < -0.4 is 5.43 Å². The minimum absolute atomic E-state index is 0.0184. The summed E-state index contributed by atoms with van der Waals surface area (Å²) >= 11 is 0. The molecule has 0 aliphatic carbocycles. The Bertz CT molecular complexity index is 1390. The van der Waals surface area contributed by atoms with Gasteiger partial charge in [-0.2, -0.15) is 0 Å². The Hall–Kier alpha value is -3.93. The second-order valence-corrected chi connectivity index (χ2v) is 7.73. The average Bonchev–Trinajstić information content (AvgIpc) is 3.02. The molecule has 3 aromatic carbocycles. The third kappa shape index (κ3) is 3.17. The molecule has 31 heavy (non-hydrogen) atoms. The van der Waals surface area contributed by atoms with Gasteiger partial charge in [0.1, 0.15) is 17.1 Å². The highest BCUT2D eigenvalue weighted by Gasteiger charge is 2.42. The van der Waals surface area contributed by atoms with Crippen LogP contribution in [-0.4, -0.2) is 15.9 Å². The molecule has 1 atom stereocenters. The van der Waals surface area contributed by atoms with Crippen LogP contribution in [0.2, 0.25) is 0 Å². The fourth-order valence-electron chi connectivity index (χ4n) is 4.09. The van der Waals surface area contributed by atoms with E-state index in [2.05, 4.69) is 0 Å². The third-order valence-corrected chi connectivity index (χ3v) is 5.59. The van der Waals surface area contributed by atoms with E-state index in [-0.39, 0.29) is 34.6 Å². The molecule has 5 nitrogen and oxygen atoms in total. The molecule has 0 radical (unpaired) electrons. The van der Waals surface area contributed by atoms with Crippen LogP contribution in [0.25, 0.3) is 11.0 Å². The lowest BCUT2D eigenvalue weighted by Gasteiger charge is -2.25. The van der Waals surface area contributed by atoms with Crippen molar-refractivity contribution >= 4 is 16.9 Å². The van der Waals surface area contributed by atoms with Crippen LogP contribution in [0.3, 0.4) is 0 Å². The number of carbonyl (C=O) groups is 1. The van der Waals surface area contributed by atoms with E-state index in [1.807, 2.05) is 31.2 Å². The first kappa shape index (κ1) is 19.1. The minimum atomic E-state index is -0.764. The Kier molecular flexibility index (Phi) is 4.36. The normalized spacial score (nSPS) is 15.5. The lowest BCUT2D eigenvalue weighted by Crippen LogP contribution is -2.29. The predicted molar refractivity (Wildman–Crippen MR) is 113 cm³/mol. The van der Waals surface area contributed by atoms with Crippen molar-refractivity contribution in [3.05, 3.63) is 111 Å². The van der Waals surface area contributed by atoms with E-state index in [1.54, 1.807) is 17.0 Å². The molecule has 0 unspecified atom stereocenters. The van der Waals surface area contributed by atoms with Gasteiger partial charge in [0.2, 0.25) is 5.76 Å². The van der Waals surface area contributed by atoms with Gasteiger partial charge in [0.25, 0.3) is 5.91 Å². The number of aromatic hydroxyl groups is 1. The van der Waals surface area contributed by atoms with E-state index in [1.165, 1.54) is 24.3 Å². The Morgan fingerprint density at radius 1 is 1.03 bits per heavy atom. The van der Waals surface area contributed by atoms with E-state index in [9.17, 15) is 19.1 Å². The van der Waals surface area contributed by atoms with Gasteiger partial charge in [-0.25, -0.2) is 4.39 Å². The fraction of sp³-hybridized carbons (Fsp3) is 0.120. The van der Waals surface area contributed by atoms with Gasteiger partial charge in [0.05, 0.1) is 17.0 Å². The van der Waals surface area contributed by atoms with Crippen molar-refractivity contribution in [1.82, 2.24) is 4.90 Å². The van der Waals surface area contributed by atoms with E-state index >= 15 is 0 Å². The number of hydrogen-bond acceptors (Lipinski definition) is 4. The number of aryl methyl sites for hydroxylation is 1. The second-order valence-electron chi connectivity index (χ2n) is 7.73. The molecule has 1 aliphatic heterocycles. The van der Waals surface area contributed by atoms with E-state index in [4.69, 9.17) is 4.42 Å². The molecule has 4 aromatic rings. The molecule has 0 fully saturated rings. The van der Waals surface area contributed by atoms with E-state index in [0.29, 0.717) is 5.56 Å². The van der Waals surface area contributed by atoms with Crippen molar-refractivity contribution in [2.24, 2.45) is 0 Å². The van der Waals surface area contributed by atoms with E-state index < -0.39 is 23.2 Å². The van der Waals surface area contributed by atoms with Gasteiger partial charge in [0, 0.05) is 6.54 Å². The summed E-state index contributed by atoms with van der Waals surface area (Å²) in [5, 5.41) is 10.1. The van der Waals surface area contributed by atoms with Crippen molar-refractivity contribution in [2.75, 3.05) is 0 Å². The van der Waals surface area contributed by atoms with Gasteiger partial charge in [-0.05, 0) is 48.4 Å². The first-order valence-electron chi connectivity index (χ1n) is 9.84. The highest BCUT2D eigenvalue weighted by atomic mass is 19.1. The molecule has 2 heterocycles. The molecular weight excluding hydrogens is 397 g/mol. The van der Waals surface area contributed by atoms with Crippen molar-refractivity contribution in [3.8, 4) is 5.75 Å². The molecule has 0 saturated carbocycles. The lowest BCUT2D eigenvalue weighted by atomic mass is 9.98. The monoisotopic (exact) mass is 415 g/mol. The number of phenolic OH excluding ortho intramolecular Hbond substituents is 1. The summed E-state index contributed by atoms with van der Waals surface area (Å²) in [6.07, 6.45) is 0. The number of nitrogens with zero attached hydrogens (tertiary/aromatic N) is 1. The number of amides is 1. The largest absolute Gasteiger partial charge is 0.508 e. The number of fused-ring (bicyclic) bond motifs is 2. The number of carbonyl (C=O) groups excluding carboxylic acids is 1. The zero-order valence-electron chi connectivity index (χ0n) is 16.6.